The second-order valence-corrected chi connectivity index (χ2v) is 8.32. The van der Waals surface area contributed by atoms with Crippen LogP contribution < -0.4 is 5.32 Å². The average molecular weight is 435 g/mol. The van der Waals surface area contributed by atoms with Gasteiger partial charge in [-0.1, -0.05) is 46.9 Å². The van der Waals surface area contributed by atoms with Gasteiger partial charge in [0.15, 0.2) is 0 Å². The summed E-state index contributed by atoms with van der Waals surface area (Å²) in [5.74, 6) is -1.08. The Labute approximate surface area is 162 Å². The number of aliphatic carboxylic acids is 1. The summed E-state index contributed by atoms with van der Waals surface area (Å²) in [5, 5.41) is 12.9. The summed E-state index contributed by atoms with van der Waals surface area (Å²) >= 11 is 9.56. The number of alkyl carbamates (subject to hydrolysis) is 1. The van der Waals surface area contributed by atoms with Gasteiger partial charge in [-0.3, -0.25) is 0 Å². The Balaban J connectivity index is 2.98. The largest absolute Gasteiger partial charge is 0.480 e. The van der Waals surface area contributed by atoms with Crippen LogP contribution in [0.4, 0.5) is 4.79 Å². The summed E-state index contributed by atoms with van der Waals surface area (Å²) < 4.78 is 6.09. The lowest BCUT2D eigenvalue weighted by Crippen LogP contribution is -2.55. The average Bonchev–Trinajstić information content (AvgIpc) is 2.43. The van der Waals surface area contributed by atoms with E-state index >= 15 is 0 Å². The van der Waals surface area contributed by atoms with Crippen LogP contribution >= 0.6 is 27.5 Å². The Bertz CT molecular complexity index is 630. The highest BCUT2D eigenvalue weighted by atomic mass is 79.9. The lowest BCUT2D eigenvalue weighted by molar-refractivity contribution is -0.145. The molecule has 1 rings (SSSR count). The molecule has 0 bridgehead atoms. The smallest absolute Gasteiger partial charge is 0.408 e. The Morgan fingerprint density at radius 2 is 1.92 bits per heavy atom. The van der Waals surface area contributed by atoms with Crippen molar-refractivity contribution in [3.63, 3.8) is 0 Å². The first-order chi connectivity index (χ1) is 11.5. The third-order valence-electron chi connectivity index (χ3n) is 3.66. The van der Waals surface area contributed by atoms with E-state index in [1.807, 2.05) is 19.1 Å². The van der Waals surface area contributed by atoms with Crippen LogP contribution in [0, 0.1) is 0 Å². The topological polar surface area (TPSA) is 75.6 Å². The number of halogens is 2. The van der Waals surface area contributed by atoms with Gasteiger partial charge in [-0.15, -0.1) is 0 Å². The molecule has 1 aromatic rings. The summed E-state index contributed by atoms with van der Waals surface area (Å²) in [7, 11) is 0. The maximum Gasteiger partial charge on any atom is 0.408 e. The summed E-state index contributed by atoms with van der Waals surface area (Å²) in [4.78, 5) is 24.1. The van der Waals surface area contributed by atoms with Crippen molar-refractivity contribution in [2.24, 2.45) is 0 Å². The minimum atomic E-state index is -1.40. The fourth-order valence-electron chi connectivity index (χ4n) is 2.52. The number of benzene rings is 1. The molecular weight excluding hydrogens is 410 g/mol. The van der Waals surface area contributed by atoms with Gasteiger partial charge in [-0.05, 0) is 57.7 Å². The normalized spacial score (nSPS) is 13.8. The first kappa shape index (κ1) is 21.8. The van der Waals surface area contributed by atoms with Crippen molar-refractivity contribution < 1.29 is 19.4 Å². The molecule has 140 valence electrons. The van der Waals surface area contributed by atoms with E-state index in [9.17, 15) is 14.7 Å². The molecule has 0 saturated carbocycles. The summed E-state index contributed by atoms with van der Waals surface area (Å²) in [6, 6.07) is 5.46. The molecule has 0 saturated heterocycles. The van der Waals surface area contributed by atoms with Gasteiger partial charge in [0.2, 0.25) is 0 Å². The van der Waals surface area contributed by atoms with Crippen molar-refractivity contribution in [3.8, 4) is 0 Å². The number of rotatable bonds is 7. The highest BCUT2D eigenvalue weighted by Crippen LogP contribution is 2.27. The van der Waals surface area contributed by atoms with Crippen LogP contribution in [0.5, 0.6) is 0 Å². The molecule has 0 aliphatic heterocycles. The fourth-order valence-corrected chi connectivity index (χ4v) is 3.28. The van der Waals surface area contributed by atoms with Crippen molar-refractivity contribution in [1.29, 1.82) is 0 Å². The molecule has 1 aromatic carbocycles. The van der Waals surface area contributed by atoms with Crippen LogP contribution in [0.25, 0.3) is 0 Å². The van der Waals surface area contributed by atoms with Gasteiger partial charge in [0.25, 0.3) is 0 Å². The quantitative estimate of drug-likeness (QED) is 0.619. The highest BCUT2D eigenvalue weighted by Gasteiger charge is 2.40. The van der Waals surface area contributed by atoms with E-state index in [4.69, 9.17) is 16.3 Å². The Kier molecular flexibility index (Phi) is 7.75. The SMILES string of the molecule is CCCC(CCc1ccc(Br)cc1Cl)(NC(=O)OC(C)(C)C)C(=O)O. The van der Waals surface area contributed by atoms with Gasteiger partial charge in [-0.25, -0.2) is 9.59 Å². The van der Waals surface area contributed by atoms with Gasteiger partial charge < -0.3 is 15.2 Å². The second-order valence-electron chi connectivity index (χ2n) is 7.00. The predicted octanol–water partition coefficient (Wildman–Crippen LogP) is 5.18. The number of hydrogen-bond donors (Lipinski definition) is 2. The molecule has 5 nitrogen and oxygen atoms in total. The van der Waals surface area contributed by atoms with Gasteiger partial charge in [-0.2, -0.15) is 0 Å². The fraction of sp³-hybridized carbons (Fsp3) is 0.556. The van der Waals surface area contributed by atoms with Crippen LogP contribution in [0.3, 0.4) is 0 Å². The van der Waals surface area contributed by atoms with E-state index in [0.717, 1.165) is 10.0 Å². The summed E-state index contributed by atoms with van der Waals surface area (Å²) in [6.45, 7) is 7.07. The zero-order valence-corrected chi connectivity index (χ0v) is 17.3. The van der Waals surface area contributed by atoms with Crippen molar-refractivity contribution in [2.75, 3.05) is 0 Å². The third kappa shape index (κ3) is 6.86. The van der Waals surface area contributed by atoms with Gasteiger partial charge in [0.05, 0.1) is 0 Å². The molecule has 0 aromatic heterocycles. The van der Waals surface area contributed by atoms with Crippen molar-refractivity contribution in [1.82, 2.24) is 5.32 Å². The van der Waals surface area contributed by atoms with E-state index in [1.54, 1.807) is 26.8 Å². The highest BCUT2D eigenvalue weighted by molar-refractivity contribution is 9.10. The lowest BCUT2D eigenvalue weighted by Gasteiger charge is -2.32. The molecule has 0 aliphatic carbocycles. The van der Waals surface area contributed by atoms with E-state index in [1.165, 1.54) is 0 Å². The van der Waals surface area contributed by atoms with Crippen LogP contribution in [0.1, 0.15) is 52.5 Å². The molecule has 2 N–H and O–H groups in total. The minimum absolute atomic E-state index is 0.219. The maximum absolute atomic E-state index is 12.1. The van der Waals surface area contributed by atoms with E-state index < -0.39 is 23.2 Å². The lowest BCUT2D eigenvalue weighted by atomic mass is 9.87. The van der Waals surface area contributed by atoms with Crippen molar-refractivity contribution in [3.05, 3.63) is 33.3 Å². The molecule has 1 atom stereocenters. The van der Waals surface area contributed by atoms with Gasteiger partial charge in [0, 0.05) is 9.50 Å². The standard InChI is InChI=1S/C18H25BrClNO4/c1-5-9-18(15(22)23,21-16(24)25-17(2,3)4)10-8-12-6-7-13(19)11-14(12)20/h6-7,11H,5,8-10H2,1-4H3,(H,21,24)(H,22,23). The molecule has 0 heterocycles. The first-order valence-electron chi connectivity index (χ1n) is 8.17. The predicted molar refractivity (Wildman–Crippen MR) is 102 cm³/mol. The van der Waals surface area contributed by atoms with Crippen molar-refractivity contribution in [2.45, 2.75) is 64.5 Å². The molecule has 0 spiro atoms. The Hall–Kier alpha value is -1.27. The number of hydrogen-bond acceptors (Lipinski definition) is 3. The van der Waals surface area contributed by atoms with E-state index in [2.05, 4.69) is 21.2 Å². The molecule has 0 aliphatic rings. The number of carbonyl (C=O) groups excluding carboxylic acids is 1. The zero-order valence-electron chi connectivity index (χ0n) is 15.0. The van der Waals surface area contributed by atoms with Crippen LogP contribution in [-0.2, 0) is 16.0 Å². The number of aryl methyl sites for hydroxylation is 1. The van der Waals surface area contributed by atoms with Crippen LogP contribution in [-0.4, -0.2) is 28.3 Å². The number of carboxylic acid groups (broad SMARTS) is 1. The van der Waals surface area contributed by atoms with E-state index in [0.29, 0.717) is 24.3 Å². The minimum Gasteiger partial charge on any atom is -0.480 e. The van der Waals surface area contributed by atoms with Crippen LogP contribution in [0.2, 0.25) is 5.02 Å². The summed E-state index contributed by atoms with van der Waals surface area (Å²) in [6.07, 6.45) is 0.821. The monoisotopic (exact) mass is 433 g/mol. The number of nitrogens with one attached hydrogen (secondary N) is 1. The maximum atomic E-state index is 12.1. The molecule has 0 radical (unpaired) electrons. The molecule has 25 heavy (non-hydrogen) atoms. The molecule has 0 fully saturated rings. The first-order valence-corrected chi connectivity index (χ1v) is 9.34. The molecule has 1 unspecified atom stereocenters. The number of ether oxygens (including phenoxy) is 1. The van der Waals surface area contributed by atoms with Gasteiger partial charge in [0.1, 0.15) is 11.1 Å². The van der Waals surface area contributed by atoms with E-state index in [-0.39, 0.29) is 6.42 Å². The Morgan fingerprint density at radius 1 is 1.28 bits per heavy atom. The van der Waals surface area contributed by atoms with Crippen LogP contribution in [0.15, 0.2) is 22.7 Å². The number of carbonyl (C=O) groups is 2. The van der Waals surface area contributed by atoms with Crippen molar-refractivity contribution >= 4 is 39.6 Å². The molecule has 1 amide bonds. The number of carboxylic acids is 1. The molecular formula is C18H25BrClNO4. The molecule has 7 heteroatoms. The Morgan fingerprint density at radius 3 is 2.40 bits per heavy atom. The third-order valence-corrected chi connectivity index (χ3v) is 4.51. The number of amides is 1. The van der Waals surface area contributed by atoms with Gasteiger partial charge >= 0.3 is 12.1 Å². The summed E-state index contributed by atoms with van der Waals surface area (Å²) in [5.41, 5.74) is -1.26. The zero-order chi connectivity index (χ0) is 19.3. The second kappa shape index (κ2) is 8.90.